The Kier molecular flexibility index (Phi) is 5.23. The Morgan fingerprint density at radius 2 is 1.88 bits per heavy atom. The molecule has 0 spiro atoms. The van der Waals surface area contributed by atoms with Gasteiger partial charge < -0.3 is 19.3 Å². The lowest BCUT2D eigenvalue weighted by atomic mass is 10.1. The number of fused-ring (bicyclic) bond motifs is 1. The first-order valence-corrected chi connectivity index (χ1v) is 10.3. The van der Waals surface area contributed by atoms with Gasteiger partial charge in [-0.05, 0) is 23.8 Å². The monoisotopic (exact) mass is 456 g/mol. The molecule has 5 rings (SSSR count). The SMILES string of the molecule is O=C(Cc1c[nH]c2ccccc12)N1CCN(c2ccc(-c3noc(C(F)(F)F)n3)cn2)CC1. The van der Waals surface area contributed by atoms with Crippen LogP contribution in [0.15, 0.2) is 53.3 Å². The van der Waals surface area contributed by atoms with Gasteiger partial charge in [-0.25, -0.2) is 4.98 Å². The Labute approximate surface area is 186 Å². The maximum atomic E-state index is 12.8. The van der Waals surface area contributed by atoms with Crippen LogP contribution in [-0.2, 0) is 17.4 Å². The Morgan fingerprint density at radius 3 is 2.58 bits per heavy atom. The summed E-state index contributed by atoms with van der Waals surface area (Å²) < 4.78 is 42.2. The molecule has 1 aliphatic rings. The summed E-state index contributed by atoms with van der Waals surface area (Å²) in [5.41, 5.74) is 2.31. The molecule has 33 heavy (non-hydrogen) atoms. The summed E-state index contributed by atoms with van der Waals surface area (Å²) in [7, 11) is 0. The van der Waals surface area contributed by atoms with Crippen molar-refractivity contribution in [1.29, 1.82) is 0 Å². The molecule has 1 N–H and O–H groups in total. The van der Waals surface area contributed by atoms with Gasteiger partial charge in [0.2, 0.25) is 11.7 Å². The van der Waals surface area contributed by atoms with E-state index in [1.165, 1.54) is 6.20 Å². The number of anilines is 1. The normalized spacial score (nSPS) is 14.8. The lowest BCUT2D eigenvalue weighted by Crippen LogP contribution is -2.49. The zero-order chi connectivity index (χ0) is 23.0. The van der Waals surface area contributed by atoms with Crippen LogP contribution in [0.5, 0.6) is 0 Å². The van der Waals surface area contributed by atoms with E-state index in [9.17, 15) is 18.0 Å². The minimum Gasteiger partial charge on any atom is -0.361 e. The van der Waals surface area contributed by atoms with Gasteiger partial charge in [-0.1, -0.05) is 23.4 Å². The minimum absolute atomic E-state index is 0.0697. The zero-order valence-electron chi connectivity index (χ0n) is 17.3. The molecular formula is C22H19F3N6O2. The lowest BCUT2D eigenvalue weighted by molar-refractivity contribution is -0.159. The summed E-state index contributed by atoms with van der Waals surface area (Å²) in [5.74, 6) is -0.827. The molecule has 1 aliphatic heterocycles. The average molecular weight is 456 g/mol. The zero-order valence-corrected chi connectivity index (χ0v) is 17.3. The van der Waals surface area contributed by atoms with Crippen LogP contribution in [0.25, 0.3) is 22.3 Å². The number of nitrogens with zero attached hydrogens (tertiary/aromatic N) is 5. The number of carbonyl (C=O) groups excluding carboxylic acids is 1. The number of rotatable bonds is 4. The highest BCUT2D eigenvalue weighted by molar-refractivity contribution is 5.89. The van der Waals surface area contributed by atoms with Gasteiger partial charge in [-0.15, -0.1) is 0 Å². The summed E-state index contributed by atoms with van der Waals surface area (Å²) in [4.78, 5) is 27.6. The van der Waals surface area contributed by atoms with Crippen LogP contribution in [0.2, 0.25) is 0 Å². The first kappa shape index (κ1) is 21.0. The number of hydrogen-bond acceptors (Lipinski definition) is 6. The van der Waals surface area contributed by atoms with Crippen molar-refractivity contribution in [2.75, 3.05) is 31.1 Å². The summed E-state index contributed by atoms with van der Waals surface area (Å²) in [5, 5.41) is 4.42. The van der Waals surface area contributed by atoms with Crippen molar-refractivity contribution < 1.29 is 22.5 Å². The minimum atomic E-state index is -4.69. The molecule has 4 aromatic rings. The number of benzene rings is 1. The average Bonchev–Trinajstić information content (AvgIpc) is 3.48. The fourth-order valence-corrected chi connectivity index (χ4v) is 3.90. The largest absolute Gasteiger partial charge is 0.471 e. The molecule has 0 radical (unpaired) electrons. The van der Waals surface area contributed by atoms with Crippen LogP contribution >= 0.6 is 0 Å². The van der Waals surface area contributed by atoms with E-state index in [0.29, 0.717) is 44.0 Å². The van der Waals surface area contributed by atoms with Crippen LogP contribution in [0.3, 0.4) is 0 Å². The second-order valence-electron chi connectivity index (χ2n) is 7.73. The quantitative estimate of drug-likeness (QED) is 0.505. The van der Waals surface area contributed by atoms with Crippen molar-refractivity contribution >= 4 is 22.6 Å². The Balaban J connectivity index is 1.19. The topological polar surface area (TPSA) is 91.2 Å². The van der Waals surface area contributed by atoms with Crippen molar-refractivity contribution in [3.63, 3.8) is 0 Å². The van der Waals surface area contributed by atoms with Crippen molar-refractivity contribution in [3.8, 4) is 11.4 Å². The Bertz CT molecular complexity index is 1270. The third-order valence-electron chi connectivity index (χ3n) is 5.65. The van der Waals surface area contributed by atoms with Crippen molar-refractivity contribution in [3.05, 3.63) is 60.2 Å². The highest BCUT2D eigenvalue weighted by Crippen LogP contribution is 2.29. The number of amides is 1. The lowest BCUT2D eigenvalue weighted by Gasteiger charge is -2.35. The third kappa shape index (κ3) is 4.26. The predicted molar refractivity (Wildman–Crippen MR) is 113 cm³/mol. The second kappa shape index (κ2) is 8.23. The molecule has 0 saturated carbocycles. The highest BCUT2D eigenvalue weighted by Gasteiger charge is 2.38. The van der Waals surface area contributed by atoms with E-state index in [0.717, 1.165) is 16.5 Å². The number of alkyl halides is 3. The van der Waals surface area contributed by atoms with E-state index in [1.54, 1.807) is 12.1 Å². The molecule has 1 amide bonds. The molecule has 1 saturated heterocycles. The molecule has 0 bridgehead atoms. The third-order valence-corrected chi connectivity index (χ3v) is 5.65. The molecular weight excluding hydrogens is 437 g/mol. The van der Waals surface area contributed by atoms with E-state index < -0.39 is 12.1 Å². The van der Waals surface area contributed by atoms with E-state index in [-0.39, 0.29) is 11.7 Å². The van der Waals surface area contributed by atoms with Gasteiger partial charge in [-0.2, -0.15) is 18.2 Å². The predicted octanol–water partition coefficient (Wildman–Crippen LogP) is 3.52. The number of aromatic nitrogens is 4. The Hall–Kier alpha value is -3.89. The first-order chi connectivity index (χ1) is 15.9. The van der Waals surface area contributed by atoms with E-state index in [2.05, 4.69) is 24.6 Å². The standard InChI is InChI=1S/C22H19F3N6O2/c23-22(24,25)21-28-20(29-33-21)14-5-6-18(27-12-14)30-7-9-31(10-8-30)19(32)11-15-13-26-17-4-2-1-3-16(15)17/h1-6,12-13,26H,7-11H2. The molecule has 8 nitrogen and oxygen atoms in total. The molecule has 3 aromatic heterocycles. The number of pyridine rings is 1. The molecule has 0 atom stereocenters. The highest BCUT2D eigenvalue weighted by atomic mass is 19.4. The van der Waals surface area contributed by atoms with Gasteiger partial charge in [0.1, 0.15) is 5.82 Å². The fourth-order valence-electron chi connectivity index (χ4n) is 3.90. The van der Waals surface area contributed by atoms with Crippen LogP contribution in [0, 0.1) is 0 Å². The molecule has 0 unspecified atom stereocenters. The molecule has 1 fully saturated rings. The molecule has 0 aliphatic carbocycles. The fraction of sp³-hybridized carbons (Fsp3) is 0.273. The van der Waals surface area contributed by atoms with Crippen LogP contribution in [0.1, 0.15) is 11.5 Å². The number of carbonyl (C=O) groups is 1. The van der Waals surface area contributed by atoms with Gasteiger partial charge in [0.05, 0.1) is 6.42 Å². The van der Waals surface area contributed by atoms with Crippen molar-refractivity contribution in [2.45, 2.75) is 12.6 Å². The number of para-hydroxylation sites is 1. The van der Waals surface area contributed by atoms with E-state index in [4.69, 9.17) is 0 Å². The van der Waals surface area contributed by atoms with Gasteiger partial charge in [-0.3, -0.25) is 4.79 Å². The first-order valence-electron chi connectivity index (χ1n) is 10.3. The summed E-state index contributed by atoms with van der Waals surface area (Å²) in [6.45, 7) is 2.33. The molecule has 170 valence electrons. The van der Waals surface area contributed by atoms with Gasteiger partial charge >= 0.3 is 12.1 Å². The van der Waals surface area contributed by atoms with E-state index in [1.807, 2.05) is 40.3 Å². The second-order valence-corrected chi connectivity index (χ2v) is 7.73. The Morgan fingerprint density at radius 1 is 1.09 bits per heavy atom. The van der Waals surface area contributed by atoms with Gasteiger partial charge in [0.25, 0.3) is 0 Å². The van der Waals surface area contributed by atoms with E-state index >= 15 is 0 Å². The summed E-state index contributed by atoms with van der Waals surface area (Å²) in [6, 6.07) is 11.2. The summed E-state index contributed by atoms with van der Waals surface area (Å²) in [6.07, 6.45) is -1.06. The maximum Gasteiger partial charge on any atom is 0.471 e. The number of piperazine rings is 1. The van der Waals surface area contributed by atoms with Gasteiger partial charge in [0.15, 0.2) is 0 Å². The smallest absolute Gasteiger partial charge is 0.361 e. The number of halogens is 3. The van der Waals surface area contributed by atoms with Crippen LogP contribution in [-0.4, -0.2) is 57.1 Å². The summed E-state index contributed by atoms with van der Waals surface area (Å²) >= 11 is 0. The molecule has 4 heterocycles. The van der Waals surface area contributed by atoms with Crippen molar-refractivity contribution in [1.82, 2.24) is 25.0 Å². The number of H-pyrrole nitrogens is 1. The van der Waals surface area contributed by atoms with Crippen molar-refractivity contribution in [2.24, 2.45) is 0 Å². The number of nitrogens with one attached hydrogen (secondary N) is 1. The number of aromatic amines is 1. The van der Waals surface area contributed by atoms with Crippen LogP contribution < -0.4 is 4.90 Å². The van der Waals surface area contributed by atoms with Gasteiger partial charge in [0, 0.05) is 55.0 Å². The number of hydrogen-bond donors (Lipinski definition) is 1. The van der Waals surface area contributed by atoms with Crippen LogP contribution in [0.4, 0.5) is 19.0 Å². The maximum absolute atomic E-state index is 12.8. The molecule has 1 aromatic carbocycles. The molecule has 11 heteroatoms.